The zero-order valence-electron chi connectivity index (χ0n) is 11.7. The highest BCUT2D eigenvalue weighted by Crippen LogP contribution is 2.54. The number of hydrogen-bond acceptors (Lipinski definition) is 5. The summed E-state index contributed by atoms with van der Waals surface area (Å²) in [5, 5.41) is 0. The molecule has 0 N–H and O–H groups in total. The lowest BCUT2D eigenvalue weighted by molar-refractivity contribution is -0.112. The smallest absolute Gasteiger partial charge is 0.259 e. The van der Waals surface area contributed by atoms with E-state index in [-0.39, 0.29) is 5.78 Å². The Bertz CT molecular complexity index is 692. The van der Waals surface area contributed by atoms with Gasteiger partial charge in [-0.3, -0.25) is 4.79 Å². The van der Waals surface area contributed by atoms with Crippen molar-refractivity contribution < 1.29 is 23.7 Å². The summed E-state index contributed by atoms with van der Waals surface area (Å²) in [6.45, 7) is 0. The summed E-state index contributed by atoms with van der Waals surface area (Å²) < 4.78 is 22.6. The van der Waals surface area contributed by atoms with Crippen molar-refractivity contribution in [3.63, 3.8) is 0 Å². The fourth-order valence-electron chi connectivity index (χ4n) is 2.57. The molecular weight excluding hydrogens is 340 g/mol. The molecule has 5 nitrogen and oxygen atoms in total. The van der Waals surface area contributed by atoms with Crippen LogP contribution < -0.4 is 14.2 Å². The van der Waals surface area contributed by atoms with E-state index < -0.39 is 5.79 Å². The zero-order valence-corrected chi connectivity index (χ0v) is 13.3. The van der Waals surface area contributed by atoms with Gasteiger partial charge in [0.05, 0.1) is 24.3 Å². The van der Waals surface area contributed by atoms with E-state index in [2.05, 4.69) is 15.9 Å². The summed E-state index contributed by atoms with van der Waals surface area (Å²) >= 11 is 3.23. The molecule has 1 atom stereocenters. The summed E-state index contributed by atoms with van der Waals surface area (Å²) in [4.78, 5) is 12.0. The number of ether oxygens (including phenoxy) is 4. The molecule has 1 heterocycles. The third-order valence-corrected chi connectivity index (χ3v) is 4.16. The predicted molar refractivity (Wildman–Crippen MR) is 79.9 cm³/mol. The molecule has 110 valence electrons. The van der Waals surface area contributed by atoms with Crippen LogP contribution >= 0.6 is 15.9 Å². The fraction of sp³-hybridized carbons (Fsp3) is 0.267. The van der Waals surface area contributed by atoms with Crippen molar-refractivity contribution in [3.8, 4) is 17.2 Å². The Morgan fingerprint density at radius 1 is 1.19 bits per heavy atom. The van der Waals surface area contributed by atoms with Crippen molar-refractivity contribution in [1.82, 2.24) is 0 Å². The molecule has 0 fully saturated rings. The quantitative estimate of drug-likeness (QED) is 0.836. The Labute approximate surface area is 130 Å². The average Bonchev–Trinajstić information content (AvgIpc) is 2.81. The van der Waals surface area contributed by atoms with Crippen molar-refractivity contribution in [3.05, 3.63) is 34.3 Å². The first-order valence-electron chi connectivity index (χ1n) is 6.20. The van der Waals surface area contributed by atoms with E-state index in [0.717, 1.165) is 0 Å². The Hall–Kier alpha value is -1.79. The minimum Gasteiger partial charge on any atom is -0.493 e. The van der Waals surface area contributed by atoms with Crippen LogP contribution in [0.4, 0.5) is 0 Å². The first-order chi connectivity index (χ1) is 10.1. The Kier molecular flexibility index (Phi) is 3.30. The molecule has 1 aliphatic carbocycles. The third kappa shape index (κ3) is 1.90. The minimum atomic E-state index is -1.13. The molecule has 1 aliphatic heterocycles. The van der Waals surface area contributed by atoms with Crippen LogP contribution in [0.3, 0.4) is 0 Å². The number of methoxy groups -OCH3 is 3. The molecule has 0 saturated heterocycles. The lowest BCUT2D eigenvalue weighted by atomic mass is 9.93. The highest BCUT2D eigenvalue weighted by molar-refractivity contribution is 9.12. The molecule has 21 heavy (non-hydrogen) atoms. The van der Waals surface area contributed by atoms with Gasteiger partial charge in [0.2, 0.25) is 0 Å². The molecule has 1 aromatic rings. The van der Waals surface area contributed by atoms with Gasteiger partial charge in [0.25, 0.3) is 5.79 Å². The molecule has 0 radical (unpaired) electrons. The number of carbonyl (C=O) groups is 1. The molecule has 1 aromatic carbocycles. The van der Waals surface area contributed by atoms with Crippen LogP contribution in [-0.2, 0) is 9.53 Å². The van der Waals surface area contributed by atoms with Gasteiger partial charge in [0.15, 0.2) is 17.3 Å². The fourth-order valence-corrected chi connectivity index (χ4v) is 2.99. The zero-order chi connectivity index (χ0) is 15.2. The maximum Gasteiger partial charge on any atom is 0.259 e. The molecule has 0 spiro atoms. The molecule has 0 aromatic heterocycles. The van der Waals surface area contributed by atoms with E-state index in [1.54, 1.807) is 32.4 Å². The number of ketones is 1. The Balaban J connectivity index is 2.27. The SMILES string of the molecule is COc1ccc2c(c1OC)C1=CC(=O)C(Br)=CC1(OC)O2. The van der Waals surface area contributed by atoms with Crippen LogP contribution in [0.1, 0.15) is 5.56 Å². The number of fused-ring (bicyclic) bond motifs is 3. The molecule has 0 saturated carbocycles. The summed E-state index contributed by atoms with van der Waals surface area (Å²) in [6, 6.07) is 3.52. The van der Waals surface area contributed by atoms with E-state index in [4.69, 9.17) is 18.9 Å². The van der Waals surface area contributed by atoms with E-state index in [1.807, 2.05) is 0 Å². The second-order valence-electron chi connectivity index (χ2n) is 4.56. The van der Waals surface area contributed by atoms with Crippen molar-refractivity contribution in [1.29, 1.82) is 0 Å². The number of halogens is 1. The van der Waals surface area contributed by atoms with Gasteiger partial charge in [-0.2, -0.15) is 0 Å². The van der Waals surface area contributed by atoms with Gasteiger partial charge < -0.3 is 18.9 Å². The molecule has 3 rings (SSSR count). The first-order valence-corrected chi connectivity index (χ1v) is 7.00. The van der Waals surface area contributed by atoms with Crippen molar-refractivity contribution in [2.45, 2.75) is 5.79 Å². The van der Waals surface area contributed by atoms with Crippen LogP contribution in [0, 0.1) is 0 Å². The van der Waals surface area contributed by atoms with Gasteiger partial charge >= 0.3 is 0 Å². The van der Waals surface area contributed by atoms with Crippen molar-refractivity contribution in [2.75, 3.05) is 21.3 Å². The van der Waals surface area contributed by atoms with Crippen molar-refractivity contribution in [2.24, 2.45) is 0 Å². The van der Waals surface area contributed by atoms with Gasteiger partial charge in [-0.05, 0) is 34.1 Å². The van der Waals surface area contributed by atoms with Gasteiger partial charge in [-0.25, -0.2) is 0 Å². The summed E-state index contributed by atoms with van der Waals surface area (Å²) in [6.07, 6.45) is 3.10. The van der Waals surface area contributed by atoms with E-state index in [0.29, 0.717) is 32.9 Å². The van der Waals surface area contributed by atoms with E-state index >= 15 is 0 Å². The molecule has 0 amide bonds. The number of allylic oxidation sites excluding steroid dienone is 2. The number of carbonyl (C=O) groups excluding carboxylic acids is 1. The van der Waals surface area contributed by atoms with Crippen LogP contribution in [0.25, 0.3) is 5.57 Å². The lowest BCUT2D eigenvalue weighted by Gasteiger charge is -2.27. The van der Waals surface area contributed by atoms with Gasteiger partial charge in [-0.1, -0.05) is 0 Å². The van der Waals surface area contributed by atoms with Crippen molar-refractivity contribution >= 4 is 27.3 Å². The van der Waals surface area contributed by atoms with Crippen LogP contribution in [-0.4, -0.2) is 32.9 Å². The summed E-state index contributed by atoms with van der Waals surface area (Å²) in [5.74, 6) is 0.369. The highest BCUT2D eigenvalue weighted by Gasteiger charge is 2.48. The maximum absolute atomic E-state index is 12.0. The topological polar surface area (TPSA) is 54.0 Å². The third-order valence-electron chi connectivity index (χ3n) is 3.54. The second-order valence-corrected chi connectivity index (χ2v) is 5.42. The molecule has 1 unspecified atom stereocenters. The van der Waals surface area contributed by atoms with Gasteiger partial charge in [0, 0.05) is 18.8 Å². The standard InChI is InChI=1S/C15H13BrO5/c1-18-12-5-4-11-13(14(12)19-2)8-6-10(17)9(16)7-15(8,20-3)21-11/h4-7H,1-3H3. The number of rotatable bonds is 3. The van der Waals surface area contributed by atoms with Gasteiger partial charge in [0.1, 0.15) is 5.75 Å². The Morgan fingerprint density at radius 3 is 2.57 bits per heavy atom. The second kappa shape index (κ2) is 4.89. The lowest BCUT2D eigenvalue weighted by Crippen LogP contribution is -2.36. The minimum absolute atomic E-state index is 0.154. The Morgan fingerprint density at radius 2 is 1.95 bits per heavy atom. The molecule has 2 aliphatic rings. The van der Waals surface area contributed by atoms with Gasteiger partial charge in [-0.15, -0.1) is 0 Å². The first kappa shape index (κ1) is 14.2. The largest absolute Gasteiger partial charge is 0.493 e. The van der Waals surface area contributed by atoms with E-state index in [9.17, 15) is 4.79 Å². The molecule has 0 bridgehead atoms. The van der Waals surface area contributed by atoms with Crippen LogP contribution in [0.5, 0.6) is 17.2 Å². The summed E-state index contributed by atoms with van der Waals surface area (Å²) in [5.41, 5.74) is 1.27. The summed E-state index contributed by atoms with van der Waals surface area (Å²) in [7, 11) is 4.62. The van der Waals surface area contributed by atoms with E-state index in [1.165, 1.54) is 13.2 Å². The number of hydrogen-bond donors (Lipinski definition) is 0. The van der Waals surface area contributed by atoms with Crippen LogP contribution in [0.2, 0.25) is 0 Å². The normalized spacial score (nSPS) is 22.8. The maximum atomic E-state index is 12.0. The average molecular weight is 353 g/mol. The number of benzene rings is 1. The molecular formula is C15H13BrO5. The molecule has 6 heteroatoms. The predicted octanol–water partition coefficient (Wildman–Crippen LogP) is 2.68. The highest BCUT2D eigenvalue weighted by atomic mass is 79.9. The monoisotopic (exact) mass is 352 g/mol. The van der Waals surface area contributed by atoms with Crippen LogP contribution in [0.15, 0.2) is 28.8 Å².